The second kappa shape index (κ2) is 14.6. The molecule has 0 spiro atoms. The standard InChI is InChI=1S/C36H46N4.2Pt/c1-9-22-19-25-20-23-17-18-24(37-23)21-32-26(10-2)29(13-5)36(40(32)16-8)31(15-7)35-28(12-4)27(11-3)34(39-35)30(14-6)33(22)38-25;;/h17-21,39H,9-16H2,1-8H3;;. The van der Waals surface area contributed by atoms with Crippen molar-refractivity contribution in [2.45, 2.75) is 107 Å². The van der Waals surface area contributed by atoms with Gasteiger partial charge in [0.25, 0.3) is 0 Å². The first-order chi connectivity index (χ1) is 19.5. The van der Waals surface area contributed by atoms with Gasteiger partial charge in [-0.1, -0.05) is 48.5 Å². The molecule has 1 N–H and O–H groups in total. The van der Waals surface area contributed by atoms with Crippen LogP contribution in [0.2, 0.25) is 0 Å². The van der Waals surface area contributed by atoms with Crippen LogP contribution in [0.15, 0.2) is 12.1 Å². The summed E-state index contributed by atoms with van der Waals surface area (Å²) in [6.45, 7) is 19.3. The molecule has 230 valence electrons. The number of nitrogens with one attached hydrogen (secondary N) is 1. The summed E-state index contributed by atoms with van der Waals surface area (Å²) in [6, 6.07) is 4.45. The van der Waals surface area contributed by atoms with Gasteiger partial charge in [0.2, 0.25) is 0 Å². The fourth-order valence-corrected chi connectivity index (χ4v) is 7.09. The Morgan fingerprint density at radius 1 is 0.571 bits per heavy atom. The SMILES string of the molecule is CCC1=Cc2cc3nc(cc4c(CC)c(CC)c(c(CC)c5[nH]c(c(CC)c1n2)c(CC)c5CC)n4CC)C=C3.[Pt].[Pt]. The van der Waals surface area contributed by atoms with E-state index in [1.54, 1.807) is 0 Å². The summed E-state index contributed by atoms with van der Waals surface area (Å²) < 4.78 is 2.57. The molecule has 3 aromatic heterocycles. The Labute approximate surface area is 281 Å². The number of aromatic amines is 1. The van der Waals surface area contributed by atoms with Crippen molar-refractivity contribution in [1.29, 1.82) is 0 Å². The number of H-pyrrole nitrogens is 1. The zero-order chi connectivity index (χ0) is 28.6. The second-order valence-corrected chi connectivity index (χ2v) is 10.8. The summed E-state index contributed by atoms with van der Waals surface area (Å²) in [5.41, 5.74) is 19.4. The van der Waals surface area contributed by atoms with E-state index in [1.165, 1.54) is 61.0 Å². The Hall–Kier alpha value is -2.02. The zero-order valence-electron chi connectivity index (χ0n) is 26.5. The number of aromatic nitrogens is 4. The fourth-order valence-electron chi connectivity index (χ4n) is 7.09. The molecule has 5 rings (SSSR count). The molecule has 0 aliphatic carbocycles. The molecule has 0 aromatic carbocycles. The minimum Gasteiger partial charge on any atom is -0.354 e. The molecule has 0 radical (unpaired) electrons. The third-order valence-corrected chi connectivity index (χ3v) is 8.86. The molecule has 4 nitrogen and oxygen atoms in total. The first kappa shape index (κ1) is 34.5. The molecule has 0 saturated carbocycles. The van der Waals surface area contributed by atoms with E-state index in [4.69, 9.17) is 9.97 Å². The molecule has 0 atom stereocenters. The molecule has 0 unspecified atom stereocenters. The van der Waals surface area contributed by atoms with Crippen LogP contribution in [0.5, 0.6) is 0 Å². The smallest absolute Gasteiger partial charge is 0.0722 e. The van der Waals surface area contributed by atoms with Crippen molar-refractivity contribution in [3.63, 3.8) is 0 Å². The number of fused-ring (bicyclic) bond motifs is 8. The average Bonchev–Trinajstić information content (AvgIpc) is 3.73. The summed E-state index contributed by atoms with van der Waals surface area (Å²) in [4.78, 5) is 14.3. The number of allylic oxidation sites excluding steroid dienone is 1. The van der Waals surface area contributed by atoms with E-state index in [0.29, 0.717) is 0 Å². The fraction of sp³-hybridized carbons (Fsp3) is 0.444. The maximum atomic E-state index is 5.22. The largest absolute Gasteiger partial charge is 0.354 e. The number of hydrogen-bond donors (Lipinski definition) is 1. The second-order valence-electron chi connectivity index (χ2n) is 10.8. The van der Waals surface area contributed by atoms with Gasteiger partial charge in [0.05, 0.1) is 22.8 Å². The van der Waals surface area contributed by atoms with E-state index in [-0.39, 0.29) is 42.1 Å². The van der Waals surface area contributed by atoms with Crippen LogP contribution in [-0.4, -0.2) is 19.5 Å². The third-order valence-electron chi connectivity index (χ3n) is 8.86. The van der Waals surface area contributed by atoms with Gasteiger partial charge >= 0.3 is 0 Å². The van der Waals surface area contributed by atoms with Gasteiger partial charge in [-0.2, -0.15) is 0 Å². The molecule has 0 saturated heterocycles. The minimum atomic E-state index is 0. The van der Waals surface area contributed by atoms with Crippen LogP contribution in [0, 0.1) is 0 Å². The van der Waals surface area contributed by atoms with Crippen molar-refractivity contribution in [2.75, 3.05) is 0 Å². The van der Waals surface area contributed by atoms with E-state index in [9.17, 15) is 0 Å². The number of aryl methyl sites for hydroxylation is 7. The van der Waals surface area contributed by atoms with Crippen LogP contribution in [0.3, 0.4) is 0 Å². The molecule has 5 heterocycles. The van der Waals surface area contributed by atoms with Crippen molar-refractivity contribution in [1.82, 2.24) is 19.5 Å². The average molecular weight is 925 g/mol. The van der Waals surface area contributed by atoms with Crippen molar-refractivity contribution in [2.24, 2.45) is 0 Å². The Kier molecular flexibility index (Phi) is 12.0. The molecule has 6 heteroatoms. The van der Waals surface area contributed by atoms with Gasteiger partial charge in [-0.05, 0) is 116 Å². The van der Waals surface area contributed by atoms with E-state index >= 15 is 0 Å². The zero-order valence-corrected chi connectivity index (χ0v) is 31.1. The van der Waals surface area contributed by atoms with Crippen molar-refractivity contribution < 1.29 is 42.1 Å². The molecule has 0 amide bonds. The van der Waals surface area contributed by atoms with Crippen LogP contribution >= 0.6 is 0 Å². The van der Waals surface area contributed by atoms with Crippen LogP contribution < -0.4 is 0 Å². The van der Waals surface area contributed by atoms with Crippen LogP contribution in [0.4, 0.5) is 0 Å². The van der Waals surface area contributed by atoms with E-state index in [0.717, 1.165) is 74.3 Å². The Bertz CT molecular complexity index is 1680. The van der Waals surface area contributed by atoms with E-state index in [1.807, 2.05) is 0 Å². The predicted octanol–water partition coefficient (Wildman–Crippen LogP) is 9.30. The summed E-state index contributed by atoms with van der Waals surface area (Å²) in [5.74, 6) is 0. The molecule has 8 bridgehead atoms. The summed E-state index contributed by atoms with van der Waals surface area (Å²) in [5, 5.41) is 0. The van der Waals surface area contributed by atoms with Crippen molar-refractivity contribution in [3.05, 3.63) is 68.3 Å². The summed E-state index contributed by atoms with van der Waals surface area (Å²) in [6.07, 6.45) is 13.5. The molecule has 2 aliphatic rings. The van der Waals surface area contributed by atoms with Gasteiger partial charge in [-0.15, -0.1) is 0 Å². The number of nitrogens with zero attached hydrogens (tertiary/aromatic N) is 3. The monoisotopic (exact) mass is 924 g/mol. The summed E-state index contributed by atoms with van der Waals surface area (Å²) >= 11 is 0. The van der Waals surface area contributed by atoms with Gasteiger partial charge in [0, 0.05) is 76.3 Å². The summed E-state index contributed by atoms with van der Waals surface area (Å²) in [7, 11) is 0. The maximum Gasteiger partial charge on any atom is 0.0722 e. The van der Waals surface area contributed by atoms with Crippen LogP contribution in [-0.2, 0) is 87.2 Å². The van der Waals surface area contributed by atoms with E-state index < -0.39 is 0 Å². The molecular weight excluding hydrogens is 879 g/mol. The first-order valence-corrected chi connectivity index (χ1v) is 15.7. The van der Waals surface area contributed by atoms with Crippen LogP contribution in [0.1, 0.15) is 118 Å². The minimum absolute atomic E-state index is 0. The predicted molar refractivity (Wildman–Crippen MR) is 174 cm³/mol. The van der Waals surface area contributed by atoms with Gasteiger partial charge in [-0.3, -0.25) is 0 Å². The Balaban J connectivity index is 0.00000242. The van der Waals surface area contributed by atoms with Gasteiger partial charge in [-0.25, -0.2) is 9.97 Å². The molecule has 0 fully saturated rings. The number of hydrogen-bond acceptors (Lipinski definition) is 2. The van der Waals surface area contributed by atoms with Gasteiger partial charge in [0.15, 0.2) is 0 Å². The van der Waals surface area contributed by atoms with Crippen molar-refractivity contribution >= 4 is 45.9 Å². The molecule has 3 aromatic rings. The molecule has 42 heavy (non-hydrogen) atoms. The normalized spacial score (nSPS) is 12.2. The Morgan fingerprint density at radius 3 is 1.64 bits per heavy atom. The number of rotatable bonds is 8. The first-order valence-electron chi connectivity index (χ1n) is 15.7. The molecule has 2 aliphatic heterocycles. The quantitative estimate of drug-likeness (QED) is 0.192. The van der Waals surface area contributed by atoms with Crippen LogP contribution in [0.25, 0.3) is 45.9 Å². The van der Waals surface area contributed by atoms with Gasteiger partial charge in [0.1, 0.15) is 0 Å². The maximum absolute atomic E-state index is 5.22. The Morgan fingerprint density at radius 2 is 1.12 bits per heavy atom. The topological polar surface area (TPSA) is 46.5 Å². The van der Waals surface area contributed by atoms with Gasteiger partial charge < -0.3 is 9.55 Å². The molecular formula is C36H46N4Pt2. The third kappa shape index (κ3) is 5.76. The van der Waals surface area contributed by atoms with E-state index in [2.05, 4.69) is 95.3 Å². The van der Waals surface area contributed by atoms with Crippen molar-refractivity contribution in [3.8, 4) is 0 Å².